The highest BCUT2D eigenvalue weighted by Crippen LogP contribution is 2.29. The zero-order valence-corrected chi connectivity index (χ0v) is 15.5. The van der Waals surface area contributed by atoms with Gasteiger partial charge in [0, 0.05) is 7.11 Å². The van der Waals surface area contributed by atoms with Gasteiger partial charge in [-0.1, -0.05) is 40.8 Å². The Balaban J connectivity index is 2.52. The van der Waals surface area contributed by atoms with Crippen LogP contribution in [0.4, 0.5) is 5.69 Å². The first kappa shape index (κ1) is 17.4. The minimum Gasteiger partial charge on any atom is -0.363 e. The predicted octanol–water partition coefficient (Wildman–Crippen LogP) is 3.17. The summed E-state index contributed by atoms with van der Waals surface area (Å²) in [6.45, 7) is -0.125. The van der Waals surface area contributed by atoms with Crippen molar-refractivity contribution in [1.82, 2.24) is 0 Å². The van der Waals surface area contributed by atoms with Gasteiger partial charge in [0.15, 0.2) is 5.78 Å². The van der Waals surface area contributed by atoms with Crippen molar-refractivity contribution in [1.29, 1.82) is 0 Å². The van der Waals surface area contributed by atoms with Crippen LogP contribution in [-0.4, -0.2) is 32.5 Å². The largest absolute Gasteiger partial charge is 0.363 e. The summed E-state index contributed by atoms with van der Waals surface area (Å²) < 4.78 is 32.3. The third kappa shape index (κ3) is 3.50. The van der Waals surface area contributed by atoms with Crippen LogP contribution in [0, 0.1) is 0 Å². The van der Waals surface area contributed by atoms with Crippen molar-refractivity contribution in [2.45, 2.75) is 4.90 Å². The van der Waals surface area contributed by atoms with E-state index in [4.69, 9.17) is 4.74 Å². The molecule has 8 heteroatoms. The third-order valence-corrected chi connectivity index (χ3v) is 6.43. The van der Waals surface area contributed by atoms with E-state index in [9.17, 15) is 13.2 Å². The van der Waals surface area contributed by atoms with Crippen LogP contribution < -0.4 is 4.31 Å². The molecule has 0 aliphatic rings. The molecule has 2 aromatic rings. The monoisotopic (exact) mass is 451 g/mol. The summed E-state index contributed by atoms with van der Waals surface area (Å²) in [7, 11) is -2.44. The number of alkyl halides is 1. The second-order valence-electron chi connectivity index (χ2n) is 4.28. The lowest BCUT2D eigenvalue weighted by Crippen LogP contribution is -2.33. The van der Waals surface area contributed by atoms with Crippen molar-refractivity contribution in [3.05, 3.63) is 46.7 Å². The standard InChI is InChI=1S/C14H14INO4S2/c1-20-10-16(11-5-3-2-4-6-11)22(18,19)13-7-8-21-14(13)12(17)9-15/h2-8H,9-10H2,1H3. The summed E-state index contributed by atoms with van der Waals surface area (Å²) in [6, 6.07) is 10.1. The van der Waals surface area contributed by atoms with Crippen molar-refractivity contribution < 1.29 is 17.9 Å². The number of nitrogens with zero attached hydrogens (tertiary/aromatic N) is 1. The molecule has 0 aliphatic heterocycles. The van der Waals surface area contributed by atoms with E-state index in [1.807, 2.05) is 22.6 Å². The van der Waals surface area contributed by atoms with Crippen LogP contribution in [0.2, 0.25) is 0 Å². The van der Waals surface area contributed by atoms with E-state index >= 15 is 0 Å². The third-order valence-electron chi connectivity index (χ3n) is 2.86. The molecule has 2 rings (SSSR count). The molecule has 22 heavy (non-hydrogen) atoms. The Hall–Kier alpha value is -0.970. The van der Waals surface area contributed by atoms with Crippen LogP contribution in [0.25, 0.3) is 0 Å². The summed E-state index contributed by atoms with van der Waals surface area (Å²) in [6.07, 6.45) is 0. The van der Waals surface area contributed by atoms with Gasteiger partial charge in [-0.05, 0) is 23.6 Å². The molecule has 118 valence electrons. The Morgan fingerprint density at radius 2 is 1.95 bits per heavy atom. The molecule has 0 saturated heterocycles. The van der Waals surface area contributed by atoms with E-state index in [1.54, 1.807) is 35.7 Å². The molecular formula is C14H14INO4S2. The fraction of sp³-hybridized carbons (Fsp3) is 0.214. The number of sulfonamides is 1. The molecule has 0 fully saturated rings. The molecule has 0 spiro atoms. The molecule has 0 radical (unpaired) electrons. The number of halogens is 1. The maximum atomic E-state index is 12.9. The topological polar surface area (TPSA) is 63.7 Å². The molecule has 0 aliphatic carbocycles. The van der Waals surface area contributed by atoms with Gasteiger partial charge >= 0.3 is 0 Å². The fourth-order valence-electron chi connectivity index (χ4n) is 1.88. The number of carbonyl (C=O) groups excluding carboxylic acids is 1. The highest BCUT2D eigenvalue weighted by Gasteiger charge is 2.30. The Morgan fingerprint density at radius 3 is 2.55 bits per heavy atom. The molecule has 0 amide bonds. The van der Waals surface area contributed by atoms with Gasteiger partial charge in [-0.3, -0.25) is 4.79 Å². The van der Waals surface area contributed by atoms with Gasteiger partial charge in [0.2, 0.25) is 0 Å². The fourth-order valence-corrected chi connectivity index (χ4v) is 5.26. The first-order chi connectivity index (χ1) is 10.5. The van der Waals surface area contributed by atoms with E-state index in [0.29, 0.717) is 5.69 Å². The molecule has 0 N–H and O–H groups in total. The van der Waals surface area contributed by atoms with Crippen molar-refractivity contribution in [2.75, 3.05) is 22.6 Å². The lowest BCUT2D eigenvalue weighted by Gasteiger charge is -2.23. The van der Waals surface area contributed by atoms with Gasteiger partial charge in [0.1, 0.15) is 11.6 Å². The number of anilines is 1. The van der Waals surface area contributed by atoms with Gasteiger partial charge in [0.05, 0.1) is 15.0 Å². The Labute approximate surface area is 147 Å². The van der Waals surface area contributed by atoms with E-state index in [0.717, 1.165) is 15.6 Å². The van der Waals surface area contributed by atoms with Crippen molar-refractivity contribution in [2.24, 2.45) is 0 Å². The van der Waals surface area contributed by atoms with Crippen LogP contribution >= 0.6 is 33.9 Å². The number of thiophene rings is 1. The first-order valence-electron chi connectivity index (χ1n) is 6.25. The van der Waals surface area contributed by atoms with E-state index in [-0.39, 0.29) is 26.7 Å². The quantitative estimate of drug-likeness (QED) is 0.281. The molecule has 0 atom stereocenters. The van der Waals surface area contributed by atoms with E-state index < -0.39 is 10.0 Å². The number of carbonyl (C=O) groups is 1. The number of rotatable bonds is 7. The summed E-state index contributed by atoms with van der Waals surface area (Å²) in [5.74, 6) is -0.195. The number of methoxy groups -OCH3 is 1. The first-order valence-corrected chi connectivity index (χ1v) is 10.1. The maximum absolute atomic E-state index is 12.9. The van der Waals surface area contributed by atoms with Gasteiger partial charge in [-0.25, -0.2) is 12.7 Å². The number of ketones is 1. The smallest absolute Gasteiger partial charge is 0.267 e. The molecule has 0 saturated carbocycles. The zero-order chi connectivity index (χ0) is 16.2. The lowest BCUT2D eigenvalue weighted by molar-refractivity contribution is 0.102. The Bertz CT molecular complexity index is 743. The SMILES string of the molecule is COCN(c1ccccc1)S(=O)(=O)c1ccsc1C(=O)CI. The van der Waals surface area contributed by atoms with Crippen LogP contribution in [0.1, 0.15) is 9.67 Å². The Kier molecular flexibility index (Phi) is 5.95. The molecule has 1 heterocycles. The van der Waals surface area contributed by atoms with Crippen LogP contribution in [0.15, 0.2) is 46.7 Å². The number of Topliss-reactive ketones (excluding diaryl/α,β-unsaturated/α-hetero) is 1. The number of benzene rings is 1. The van der Waals surface area contributed by atoms with Gasteiger partial charge in [0.25, 0.3) is 10.0 Å². The number of hydrogen-bond acceptors (Lipinski definition) is 5. The maximum Gasteiger partial charge on any atom is 0.267 e. The van der Waals surface area contributed by atoms with E-state index in [1.165, 1.54) is 13.2 Å². The van der Waals surface area contributed by atoms with Gasteiger partial charge < -0.3 is 4.74 Å². The van der Waals surface area contributed by atoms with Gasteiger partial charge in [-0.15, -0.1) is 11.3 Å². The number of para-hydroxylation sites is 1. The zero-order valence-electron chi connectivity index (χ0n) is 11.7. The summed E-state index contributed by atoms with van der Waals surface area (Å²) in [5.41, 5.74) is 0.489. The second-order valence-corrected chi connectivity index (χ2v) is 7.79. The van der Waals surface area contributed by atoms with Crippen molar-refractivity contribution >= 4 is 55.4 Å². The minimum absolute atomic E-state index is 0.0278. The van der Waals surface area contributed by atoms with Crippen molar-refractivity contribution in [3.63, 3.8) is 0 Å². The number of ether oxygens (including phenoxy) is 1. The molecule has 0 bridgehead atoms. The Morgan fingerprint density at radius 1 is 1.27 bits per heavy atom. The predicted molar refractivity (Wildman–Crippen MR) is 95.5 cm³/mol. The number of hydrogen-bond donors (Lipinski definition) is 0. The normalized spacial score (nSPS) is 11.4. The highest BCUT2D eigenvalue weighted by atomic mass is 127. The average molecular weight is 451 g/mol. The van der Waals surface area contributed by atoms with Crippen LogP contribution in [0.5, 0.6) is 0 Å². The van der Waals surface area contributed by atoms with E-state index in [2.05, 4.69) is 0 Å². The summed E-state index contributed by atoms with van der Waals surface area (Å²) in [4.78, 5) is 12.2. The van der Waals surface area contributed by atoms with Crippen LogP contribution in [-0.2, 0) is 14.8 Å². The average Bonchev–Trinajstić information content (AvgIpc) is 3.03. The van der Waals surface area contributed by atoms with Crippen LogP contribution in [0.3, 0.4) is 0 Å². The van der Waals surface area contributed by atoms with Crippen molar-refractivity contribution in [3.8, 4) is 0 Å². The van der Waals surface area contributed by atoms with Gasteiger partial charge in [-0.2, -0.15) is 0 Å². The highest BCUT2D eigenvalue weighted by molar-refractivity contribution is 14.1. The molecule has 0 unspecified atom stereocenters. The second kappa shape index (κ2) is 7.53. The molecular weight excluding hydrogens is 437 g/mol. The summed E-state index contributed by atoms with van der Waals surface area (Å²) >= 11 is 3.07. The molecule has 1 aromatic carbocycles. The molecule has 5 nitrogen and oxygen atoms in total. The minimum atomic E-state index is -3.86. The lowest BCUT2D eigenvalue weighted by atomic mass is 10.3. The summed E-state index contributed by atoms with van der Waals surface area (Å²) in [5, 5.41) is 1.61. The molecule has 1 aromatic heterocycles.